The zero-order valence-electron chi connectivity index (χ0n) is 15.4. The van der Waals surface area contributed by atoms with Gasteiger partial charge in [0.1, 0.15) is 5.00 Å². The fourth-order valence-electron chi connectivity index (χ4n) is 3.15. The van der Waals surface area contributed by atoms with Crippen LogP contribution in [0.25, 0.3) is 0 Å². The van der Waals surface area contributed by atoms with Crippen molar-refractivity contribution in [2.24, 2.45) is 5.92 Å². The maximum atomic E-state index is 12.6. The smallest absolute Gasteiger partial charge is 0.341 e. The van der Waals surface area contributed by atoms with Crippen molar-refractivity contribution in [2.45, 2.75) is 39.5 Å². The number of fused-ring (bicyclic) bond motifs is 1. The molecule has 1 heterocycles. The van der Waals surface area contributed by atoms with Crippen LogP contribution in [-0.2, 0) is 17.6 Å². The molecular weight excluding hydrogens is 384 g/mol. The Morgan fingerprint density at radius 2 is 2.15 bits per heavy atom. The average molecular weight is 407 g/mol. The molecule has 1 atom stereocenters. The number of esters is 1. The van der Waals surface area contributed by atoms with Crippen LogP contribution in [0.4, 0.5) is 15.5 Å². The van der Waals surface area contributed by atoms with Crippen molar-refractivity contribution < 1.29 is 14.3 Å². The maximum absolute atomic E-state index is 12.6. The van der Waals surface area contributed by atoms with E-state index in [1.54, 1.807) is 24.3 Å². The second kappa shape index (κ2) is 8.76. The molecule has 7 heteroatoms. The lowest BCUT2D eigenvalue weighted by atomic mass is 9.88. The molecule has 0 spiro atoms. The molecule has 2 aromatic rings. The van der Waals surface area contributed by atoms with Gasteiger partial charge in [0, 0.05) is 15.6 Å². The lowest BCUT2D eigenvalue weighted by Gasteiger charge is -2.18. The molecular formula is C20H23ClN2O3S. The monoisotopic (exact) mass is 406 g/mol. The quantitative estimate of drug-likeness (QED) is 0.622. The number of hydrogen-bond donors (Lipinski definition) is 2. The largest absolute Gasteiger partial charge is 0.462 e. The first-order chi connectivity index (χ1) is 13.0. The van der Waals surface area contributed by atoms with Gasteiger partial charge in [-0.2, -0.15) is 0 Å². The van der Waals surface area contributed by atoms with E-state index in [0.717, 1.165) is 36.1 Å². The molecule has 27 heavy (non-hydrogen) atoms. The van der Waals surface area contributed by atoms with Crippen molar-refractivity contribution in [2.75, 3.05) is 17.2 Å². The van der Waals surface area contributed by atoms with Gasteiger partial charge in [-0.25, -0.2) is 9.59 Å². The van der Waals surface area contributed by atoms with E-state index in [4.69, 9.17) is 16.3 Å². The summed E-state index contributed by atoms with van der Waals surface area (Å²) in [5.41, 5.74) is 2.12. The summed E-state index contributed by atoms with van der Waals surface area (Å²) in [6.45, 7) is 4.53. The summed E-state index contributed by atoms with van der Waals surface area (Å²) in [7, 11) is 0. The number of benzene rings is 1. The van der Waals surface area contributed by atoms with E-state index in [9.17, 15) is 9.59 Å². The minimum absolute atomic E-state index is 0.359. The highest BCUT2D eigenvalue weighted by atomic mass is 35.5. The molecule has 0 bridgehead atoms. The van der Waals surface area contributed by atoms with E-state index in [-0.39, 0.29) is 5.97 Å². The van der Waals surface area contributed by atoms with E-state index in [2.05, 4.69) is 17.6 Å². The predicted molar refractivity (Wildman–Crippen MR) is 110 cm³/mol. The van der Waals surface area contributed by atoms with Gasteiger partial charge in [-0.15, -0.1) is 11.3 Å². The van der Waals surface area contributed by atoms with Crippen LogP contribution in [0.1, 0.15) is 47.5 Å². The number of ether oxygens (including phenoxy) is 1. The lowest BCUT2D eigenvalue weighted by molar-refractivity contribution is 0.0505. The number of carbonyl (C=O) groups is 2. The minimum atomic E-state index is -0.409. The topological polar surface area (TPSA) is 67.4 Å². The van der Waals surface area contributed by atoms with E-state index >= 15 is 0 Å². The summed E-state index contributed by atoms with van der Waals surface area (Å²) < 4.78 is 5.36. The zero-order chi connectivity index (χ0) is 19.4. The van der Waals surface area contributed by atoms with Gasteiger partial charge in [0.15, 0.2) is 0 Å². The zero-order valence-corrected chi connectivity index (χ0v) is 17.0. The molecule has 3 rings (SSSR count). The summed E-state index contributed by atoms with van der Waals surface area (Å²) in [6, 6.07) is 6.51. The molecule has 5 nitrogen and oxygen atoms in total. The number of thiophene rings is 1. The van der Waals surface area contributed by atoms with Gasteiger partial charge in [0.2, 0.25) is 0 Å². The van der Waals surface area contributed by atoms with Gasteiger partial charge >= 0.3 is 12.0 Å². The highest BCUT2D eigenvalue weighted by Crippen LogP contribution is 2.40. The Morgan fingerprint density at radius 3 is 2.89 bits per heavy atom. The van der Waals surface area contributed by atoms with Crippen molar-refractivity contribution in [3.63, 3.8) is 0 Å². The van der Waals surface area contributed by atoms with Crippen molar-refractivity contribution >= 4 is 45.6 Å². The first-order valence-corrected chi connectivity index (χ1v) is 10.3. The lowest BCUT2D eigenvalue weighted by Crippen LogP contribution is -2.21. The number of rotatable bonds is 5. The molecule has 2 amide bonds. The first kappa shape index (κ1) is 19.7. The van der Waals surface area contributed by atoms with Crippen molar-refractivity contribution in [1.82, 2.24) is 0 Å². The molecule has 1 aliphatic carbocycles. The number of hydrogen-bond acceptors (Lipinski definition) is 4. The Balaban J connectivity index is 1.83. The van der Waals surface area contributed by atoms with Gasteiger partial charge in [-0.1, -0.05) is 31.5 Å². The van der Waals surface area contributed by atoms with Crippen molar-refractivity contribution in [3.8, 4) is 0 Å². The fraction of sp³-hybridized carbons (Fsp3) is 0.400. The van der Waals surface area contributed by atoms with E-state index in [0.29, 0.717) is 33.8 Å². The van der Waals surface area contributed by atoms with Crippen LogP contribution < -0.4 is 10.6 Å². The Labute approximate surface area is 168 Å². The number of carbonyl (C=O) groups excluding carboxylic acids is 2. The number of urea groups is 1. The second-order valence-corrected chi connectivity index (χ2v) is 8.32. The molecule has 1 aromatic carbocycles. The Hall–Kier alpha value is -2.05. The van der Waals surface area contributed by atoms with Crippen molar-refractivity contribution in [3.05, 3.63) is 45.3 Å². The summed E-state index contributed by atoms with van der Waals surface area (Å²) in [5.74, 6) is 0.214. The number of halogens is 1. The summed E-state index contributed by atoms with van der Waals surface area (Å²) in [5, 5.41) is 6.67. The third-order valence-electron chi connectivity index (χ3n) is 4.46. The molecule has 144 valence electrons. The molecule has 0 radical (unpaired) electrons. The molecule has 0 saturated heterocycles. The van der Waals surface area contributed by atoms with Crippen molar-refractivity contribution in [1.29, 1.82) is 0 Å². The molecule has 1 unspecified atom stereocenters. The van der Waals surface area contributed by atoms with Gasteiger partial charge in [0.25, 0.3) is 0 Å². The summed E-state index contributed by atoms with van der Waals surface area (Å²) in [6.07, 6.45) is 3.55. The first-order valence-electron chi connectivity index (χ1n) is 9.13. The predicted octanol–water partition coefficient (Wildman–Crippen LogP) is 5.74. The Bertz CT molecular complexity index is 850. The Morgan fingerprint density at radius 1 is 1.33 bits per heavy atom. The fourth-order valence-corrected chi connectivity index (χ4v) is 4.74. The Kier molecular flexibility index (Phi) is 6.39. The van der Waals surface area contributed by atoms with Crippen LogP contribution in [0.3, 0.4) is 0 Å². The number of amides is 2. The SMILES string of the molecule is CCCOC(=O)c1c(NC(=O)Nc2cccc(Cl)c2)sc2c1CCC(C)C2. The molecule has 2 N–H and O–H groups in total. The third kappa shape index (κ3) is 4.82. The van der Waals surface area contributed by atoms with E-state index in [1.165, 1.54) is 11.3 Å². The highest BCUT2D eigenvalue weighted by molar-refractivity contribution is 7.17. The molecule has 1 aromatic heterocycles. The molecule has 0 fully saturated rings. The van der Waals surface area contributed by atoms with Crippen LogP contribution in [0.2, 0.25) is 5.02 Å². The normalized spacial score (nSPS) is 15.7. The molecule has 1 aliphatic rings. The molecule has 0 saturated carbocycles. The van der Waals surface area contributed by atoms with Crippen LogP contribution in [0.5, 0.6) is 0 Å². The van der Waals surface area contributed by atoms with Crippen LogP contribution in [0, 0.1) is 5.92 Å². The standard InChI is InChI=1S/C20H23ClN2O3S/c1-3-9-26-19(24)17-15-8-7-12(2)10-16(15)27-18(17)23-20(25)22-14-6-4-5-13(21)11-14/h4-6,11-12H,3,7-10H2,1-2H3,(H2,22,23,25). The van der Waals surface area contributed by atoms with Gasteiger partial charge in [-0.05, 0) is 55.4 Å². The number of anilines is 2. The van der Waals surface area contributed by atoms with Gasteiger partial charge in [0.05, 0.1) is 12.2 Å². The van der Waals surface area contributed by atoms with Gasteiger partial charge < -0.3 is 10.1 Å². The second-order valence-electron chi connectivity index (χ2n) is 6.78. The van der Waals surface area contributed by atoms with Gasteiger partial charge in [-0.3, -0.25) is 5.32 Å². The van der Waals surface area contributed by atoms with Crippen LogP contribution >= 0.6 is 22.9 Å². The van der Waals surface area contributed by atoms with Crippen LogP contribution in [0.15, 0.2) is 24.3 Å². The maximum Gasteiger partial charge on any atom is 0.341 e. The third-order valence-corrected chi connectivity index (χ3v) is 5.87. The minimum Gasteiger partial charge on any atom is -0.462 e. The summed E-state index contributed by atoms with van der Waals surface area (Å²) in [4.78, 5) is 26.2. The van der Waals surface area contributed by atoms with E-state index in [1.807, 2.05) is 6.92 Å². The highest BCUT2D eigenvalue weighted by Gasteiger charge is 2.29. The van der Waals surface area contributed by atoms with E-state index < -0.39 is 6.03 Å². The summed E-state index contributed by atoms with van der Waals surface area (Å²) >= 11 is 7.43. The average Bonchev–Trinajstić information content (AvgIpc) is 2.96. The van der Waals surface area contributed by atoms with Crippen LogP contribution in [-0.4, -0.2) is 18.6 Å². The molecule has 0 aliphatic heterocycles. The number of nitrogens with one attached hydrogen (secondary N) is 2.